The largest absolute Gasteiger partial charge is 0.497 e. The molecule has 0 aliphatic carbocycles. The summed E-state index contributed by atoms with van der Waals surface area (Å²) in [6, 6.07) is 7.78. The first-order valence-corrected chi connectivity index (χ1v) is 8.68. The summed E-state index contributed by atoms with van der Waals surface area (Å²) in [6.07, 6.45) is 2.58. The highest BCUT2D eigenvalue weighted by Crippen LogP contribution is 2.12. The van der Waals surface area contributed by atoms with E-state index in [1.807, 2.05) is 29.2 Å². The summed E-state index contributed by atoms with van der Waals surface area (Å²) in [6.45, 7) is 7.83. The highest BCUT2D eigenvalue weighted by Gasteiger charge is 2.18. The maximum Gasteiger partial charge on any atom is 0.242 e. The third kappa shape index (κ3) is 6.60. The van der Waals surface area contributed by atoms with Gasteiger partial charge in [-0.15, -0.1) is 0 Å². The Balaban J connectivity index is 2.62. The summed E-state index contributed by atoms with van der Waals surface area (Å²) in [5.74, 6) is 0.778. The van der Waals surface area contributed by atoms with Crippen molar-refractivity contribution in [1.82, 2.24) is 9.80 Å². The molecule has 1 rings (SSSR count). The second-order valence-electron chi connectivity index (χ2n) is 5.92. The minimum absolute atomic E-state index is 0.0311. The Bertz CT molecular complexity index is 508. The zero-order chi connectivity index (χ0) is 17.9. The van der Waals surface area contributed by atoms with E-state index in [9.17, 15) is 9.59 Å². The fourth-order valence-electron chi connectivity index (χ4n) is 2.57. The van der Waals surface area contributed by atoms with Gasteiger partial charge >= 0.3 is 0 Å². The molecule has 0 bridgehead atoms. The molecule has 0 heterocycles. The minimum atomic E-state index is -0.0650. The molecule has 1 aromatic rings. The molecule has 0 aliphatic heterocycles. The van der Waals surface area contributed by atoms with Gasteiger partial charge in [0.1, 0.15) is 5.75 Å². The molecule has 0 fully saturated rings. The fraction of sp³-hybridized carbons (Fsp3) is 0.579. The molecule has 1 aromatic carbocycles. The first kappa shape index (κ1) is 20.0. The average Bonchev–Trinajstić information content (AvgIpc) is 2.58. The van der Waals surface area contributed by atoms with Crippen LogP contribution in [0.4, 0.5) is 0 Å². The Kier molecular flexibility index (Phi) is 8.90. The molecule has 5 heteroatoms. The molecule has 0 atom stereocenters. The monoisotopic (exact) mass is 334 g/mol. The maximum atomic E-state index is 12.4. The fourth-order valence-corrected chi connectivity index (χ4v) is 2.57. The van der Waals surface area contributed by atoms with E-state index < -0.39 is 0 Å². The van der Waals surface area contributed by atoms with Crippen molar-refractivity contribution in [3.63, 3.8) is 0 Å². The van der Waals surface area contributed by atoms with E-state index in [0.717, 1.165) is 43.7 Å². The van der Waals surface area contributed by atoms with E-state index >= 15 is 0 Å². The van der Waals surface area contributed by atoms with Crippen molar-refractivity contribution in [3.8, 4) is 5.75 Å². The molecular formula is C19H30N2O3. The van der Waals surface area contributed by atoms with Crippen molar-refractivity contribution in [3.05, 3.63) is 29.8 Å². The summed E-state index contributed by atoms with van der Waals surface area (Å²) in [5, 5.41) is 0. The van der Waals surface area contributed by atoms with E-state index in [-0.39, 0.29) is 18.4 Å². The highest BCUT2D eigenvalue weighted by molar-refractivity contribution is 5.83. The predicted octanol–water partition coefficient (Wildman–Crippen LogP) is 2.73. The van der Waals surface area contributed by atoms with E-state index in [1.165, 1.54) is 6.92 Å². The van der Waals surface area contributed by atoms with Crippen molar-refractivity contribution >= 4 is 11.8 Å². The Morgan fingerprint density at radius 2 is 1.54 bits per heavy atom. The molecule has 0 unspecified atom stereocenters. The number of benzene rings is 1. The van der Waals surface area contributed by atoms with Gasteiger partial charge in [0.2, 0.25) is 11.8 Å². The van der Waals surface area contributed by atoms with Gasteiger partial charge in [-0.1, -0.05) is 26.0 Å². The molecule has 5 nitrogen and oxygen atoms in total. The third-order valence-corrected chi connectivity index (χ3v) is 3.94. The number of nitrogens with zero attached hydrogens (tertiary/aromatic N) is 2. The first-order valence-electron chi connectivity index (χ1n) is 8.68. The van der Waals surface area contributed by atoms with Crippen LogP contribution >= 0.6 is 0 Å². The zero-order valence-electron chi connectivity index (χ0n) is 15.4. The van der Waals surface area contributed by atoms with E-state index in [0.29, 0.717) is 6.54 Å². The molecular weight excluding hydrogens is 304 g/mol. The quantitative estimate of drug-likeness (QED) is 0.661. The van der Waals surface area contributed by atoms with Gasteiger partial charge in [0.15, 0.2) is 0 Å². The van der Waals surface area contributed by atoms with Crippen LogP contribution < -0.4 is 4.74 Å². The molecule has 24 heavy (non-hydrogen) atoms. The third-order valence-electron chi connectivity index (χ3n) is 3.94. The van der Waals surface area contributed by atoms with Gasteiger partial charge in [-0.2, -0.15) is 0 Å². The first-order chi connectivity index (χ1) is 11.5. The number of hydrogen-bond acceptors (Lipinski definition) is 3. The number of amides is 2. The lowest BCUT2D eigenvalue weighted by Gasteiger charge is -2.26. The summed E-state index contributed by atoms with van der Waals surface area (Å²) in [7, 11) is 1.64. The van der Waals surface area contributed by atoms with Crippen LogP contribution in [0.5, 0.6) is 5.75 Å². The Hall–Kier alpha value is -2.04. The van der Waals surface area contributed by atoms with Crippen LogP contribution in [0.2, 0.25) is 0 Å². The summed E-state index contributed by atoms with van der Waals surface area (Å²) in [5.41, 5.74) is 1.12. The van der Waals surface area contributed by atoms with Crippen LogP contribution in [-0.2, 0) is 16.0 Å². The van der Waals surface area contributed by atoms with Crippen LogP contribution in [0.25, 0.3) is 0 Å². The highest BCUT2D eigenvalue weighted by atomic mass is 16.5. The predicted molar refractivity (Wildman–Crippen MR) is 96.1 cm³/mol. The minimum Gasteiger partial charge on any atom is -0.497 e. The molecule has 0 aliphatic rings. The van der Waals surface area contributed by atoms with Gasteiger partial charge in [0, 0.05) is 26.6 Å². The lowest BCUT2D eigenvalue weighted by Crippen LogP contribution is -2.43. The van der Waals surface area contributed by atoms with E-state index in [4.69, 9.17) is 4.74 Å². The molecule has 0 N–H and O–H groups in total. The standard InChI is InChI=1S/C19H30N2O3/c1-5-12-20(13-6-2)19(23)15-21(16(3)22)14-11-17-7-9-18(24-4)10-8-17/h7-10H,5-6,11-15H2,1-4H3. The number of carbonyl (C=O) groups excluding carboxylic acids is 2. The molecule has 0 aromatic heterocycles. The van der Waals surface area contributed by atoms with Crippen molar-refractivity contribution in [2.75, 3.05) is 33.3 Å². The Morgan fingerprint density at radius 1 is 0.958 bits per heavy atom. The Labute approximate surface area is 145 Å². The van der Waals surface area contributed by atoms with Crippen molar-refractivity contribution in [2.24, 2.45) is 0 Å². The lowest BCUT2D eigenvalue weighted by atomic mass is 10.1. The number of ether oxygens (including phenoxy) is 1. The second kappa shape index (κ2) is 10.7. The second-order valence-corrected chi connectivity index (χ2v) is 5.92. The van der Waals surface area contributed by atoms with Crippen LogP contribution in [0.1, 0.15) is 39.2 Å². The average molecular weight is 334 g/mol. The van der Waals surface area contributed by atoms with Gasteiger partial charge in [-0.3, -0.25) is 9.59 Å². The summed E-state index contributed by atoms with van der Waals surface area (Å²) >= 11 is 0. The smallest absolute Gasteiger partial charge is 0.242 e. The number of hydrogen-bond donors (Lipinski definition) is 0. The van der Waals surface area contributed by atoms with Crippen molar-refractivity contribution in [1.29, 1.82) is 0 Å². The number of methoxy groups -OCH3 is 1. The SMILES string of the molecule is CCCN(CCC)C(=O)CN(CCc1ccc(OC)cc1)C(C)=O. The Morgan fingerprint density at radius 3 is 2.00 bits per heavy atom. The summed E-state index contributed by atoms with van der Waals surface area (Å²) in [4.78, 5) is 27.8. The maximum absolute atomic E-state index is 12.4. The normalized spacial score (nSPS) is 10.3. The van der Waals surface area contributed by atoms with E-state index in [2.05, 4.69) is 13.8 Å². The van der Waals surface area contributed by atoms with Crippen molar-refractivity contribution in [2.45, 2.75) is 40.0 Å². The topological polar surface area (TPSA) is 49.9 Å². The van der Waals surface area contributed by atoms with Gasteiger partial charge in [0.05, 0.1) is 13.7 Å². The van der Waals surface area contributed by atoms with Gasteiger partial charge < -0.3 is 14.5 Å². The molecule has 0 spiro atoms. The van der Waals surface area contributed by atoms with Crippen LogP contribution in [0.15, 0.2) is 24.3 Å². The lowest BCUT2D eigenvalue weighted by molar-refractivity contribution is -0.139. The van der Waals surface area contributed by atoms with Crippen LogP contribution in [0.3, 0.4) is 0 Å². The molecule has 2 amide bonds. The molecule has 134 valence electrons. The van der Waals surface area contributed by atoms with E-state index in [1.54, 1.807) is 12.0 Å². The van der Waals surface area contributed by atoms with Gasteiger partial charge in [0.25, 0.3) is 0 Å². The number of carbonyl (C=O) groups is 2. The molecule has 0 radical (unpaired) electrons. The van der Waals surface area contributed by atoms with Crippen molar-refractivity contribution < 1.29 is 14.3 Å². The van der Waals surface area contributed by atoms with Crippen LogP contribution in [-0.4, -0.2) is 54.9 Å². The summed E-state index contributed by atoms with van der Waals surface area (Å²) < 4.78 is 5.14. The van der Waals surface area contributed by atoms with Gasteiger partial charge in [-0.25, -0.2) is 0 Å². The zero-order valence-corrected chi connectivity index (χ0v) is 15.4. The number of rotatable bonds is 10. The molecule has 0 saturated carbocycles. The molecule has 0 saturated heterocycles. The van der Waals surface area contributed by atoms with Crippen LogP contribution in [0, 0.1) is 0 Å². The van der Waals surface area contributed by atoms with Gasteiger partial charge in [-0.05, 0) is 37.0 Å².